The average molecular weight is 1850 g/mol. The van der Waals surface area contributed by atoms with Gasteiger partial charge in [0.1, 0.15) is 52.2 Å². The minimum atomic E-state index is -0.303. The zero-order chi connectivity index (χ0) is 98.1. The van der Waals surface area contributed by atoms with Crippen molar-refractivity contribution in [3.63, 3.8) is 0 Å². The number of imidazole rings is 1. The zero-order valence-electron chi connectivity index (χ0n) is 78.6. The van der Waals surface area contributed by atoms with Crippen LogP contribution in [0.2, 0.25) is 0 Å². The van der Waals surface area contributed by atoms with Gasteiger partial charge in [-0.2, -0.15) is 21.0 Å². The predicted molar refractivity (Wildman–Crippen MR) is 578 cm³/mol. The van der Waals surface area contributed by atoms with Crippen LogP contribution < -0.4 is 38.8 Å². The summed E-state index contributed by atoms with van der Waals surface area (Å²) >= 11 is 0. The molecule has 1 N–H and O–H groups in total. The molecule has 0 unspecified atom stereocenters. The number of aromatic amines is 1. The summed E-state index contributed by atoms with van der Waals surface area (Å²) in [6, 6.07) is 160. The summed E-state index contributed by atoms with van der Waals surface area (Å²) in [5, 5.41) is 64.2. The number of fused-ring (bicyclic) bond motifs is 14. The Balaban J connectivity index is 0.000000128. The molecule has 145 heavy (non-hydrogen) atoms. The number of hydrogen-bond donors (Lipinski definition) is 0. The van der Waals surface area contributed by atoms with Gasteiger partial charge in [0.25, 0.3) is 0 Å². The van der Waals surface area contributed by atoms with Crippen LogP contribution in [0.4, 0.5) is 45.8 Å². The quantitative estimate of drug-likeness (QED) is 0.0478. The van der Waals surface area contributed by atoms with Crippen molar-refractivity contribution in [1.82, 2.24) is 39.5 Å². The molecule has 0 aliphatic rings. The smallest absolute Gasteiger partial charge is 0.868 e. The van der Waals surface area contributed by atoms with Crippen LogP contribution in [0.25, 0.3) is 191 Å². The molecule has 5 heterocycles. The number of nitrogens with one attached hydrogen (secondary N) is 1. The molecule has 25 aromatic rings. The molecule has 0 amide bonds. The van der Waals surface area contributed by atoms with E-state index in [1.54, 1.807) is 42.6 Å². The minimum absolute atomic E-state index is 0. The number of anilines is 6. The Morgan fingerprint density at radius 3 is 1.12 bits per heavy atom. The molecule has 20 aromatic carbocycles. The summed E-state index contributed by atoms with van der Waals surface area (Å²) < 4.78 is 2.26. The summed E-state index contributed by atoms with van der Waals surface area (Å²) in [7, 11) is 0. The molecule has 0 aliphatic heterocycles. The van der Waals surface area contributed by atoms with Crippen molar-refractivity contribution in [2.75, 3.05) is 9.80 Å². The summed E-state index contributed by atoms with van der Waals surface area (Å²) in [5.41, 5.74) is 20.2. The molecule has 0 atom stereocenters. The fourth-order valence-corrected chi connectivity index (χ4v) is 18.8. The van der Waals surface area contributed by atoms with E-state index in [0.717, 1.165) is 73.2 Å². The molecule has 0 bridgehead atoms. The molecule has 0 radical (unpaired) electrons. The topological polar surface area (TPSA) is 243 Å². The second kappa shape index (κ2) is 41.2. The van der Waals surface area contributed by atoms with E-state index in [0.29, 0.717) is 5.52 Å². The van der Waals surface area contributed by atoms with Gasteiger partial charge in [-0.25, -0.2) is 29.9 Å². The number of hydrogen-bond acceptors (Lipinski definition) is 14. The van der Waals surface area contributed by atoms with E-state index >= 15 is 0 Å². The first-order valence-corrected chi connectivity index (χ1v) is 46.7. The fraction of sp³-hybridized carbons (Fsp3) is 0.0159. The van der Waals surface area contributed by atoms with E-state index in [2.05, 4.69) is 459 Å². The van der Waals surface area contributed by atoms with Gasteiger partial charge < -0.3 is 24.6 Å². The van der Waals surface area contributed by atoms with Crippen LogP contribution >= 0.6 is 0 Å². The largest absolute Gasteiger partial charge is 1.00 e. The van der Waals surface area contributed by atoms with Crippen LogP contribution in [0.3, 0.4) is 0 Å². The predicted octanol–water partition coefficient (Wildman–Crippen LogP) is 27.8. The van der Waals surface area contributed by atoms with Crippen molar-refractivity contribution in [3.05, 3.63) is 483 Å². The van der Waals surface area contributed by atoms with Crippen LogP contribution in [0, 0.1) is 58.5 Å². The number of H-pyrrole nitrogens is 1. The number of pyridine rings is 1. The monoisotopic (exact) mass is 1850 g/mol. The Morgan fingerprint density at radius 1 is 0.290 bits per heavy atom. The fourth-order valence-electron chi connectivity index (χ4n) is 18.8. The van der Waals surface area contributed by atoms with Gasteiger partial charge in [-0.3, -0.25) is 4.57 Å². The minimum Gasteiger partial charge on any atom is -0.868 e. The van der Waals surface area contributed by atoms with Crippen molar-refractivity contribution in [2.45, 2.75) is 13.8 Å². The van der Waals surface area contributed by atoms with Crippen LogP contribution in [-0.4, -0.2) is 39.5 Å². The van der Waals surface area contributed by atoms with E-state index < -0.39 is 0 Å². The molecule has 5 aromatic heterocycles. The van der Waals surface area contributed by atoms with Crippen molar-refractivity contribution in [3.8, 4) is 91.6 Å². The van der Waals surface area contributed by atoms with E-state index in [-0.39, 0.29) is 92.1 Å². The van der Waals surface area contributed by atoms with Crippen molar-refractivity contribution in [2.24, 2.45) is 0 Å². The van der Waals surface area contributed by atoms with Crippen molar-refractivity contribution in [1.29, 1.82) is 21.0 Å². The third kappa shape index (κ3) is 18.0. The number of benzene rings is 20. The Labute approximate surface area is 846 Å². The van der Waals surface area contributed by atoms with Gasteiger partial charge in [-0.15, -0.1) is 9.97 Å². The molecule has 0 aliphatic carbocycles. The summed E-state index contributed by atoms with van der Waals surface area (Å²) in [6.07, 6.45) is 1.75. The molecular formula is C126H79LiN17O+. The van der Waals surface area contributed by atoms with Crippen molar-refractivity contribution >= 4 is 165 Å². The molecule has 0 spiro atoms. The van der Waals surface area contributed by atoms with Crippen LogP contribution in [0.5, 0.6) is 5.75 Å². The zero-order valence-corrected chi connectivity index (χ0v) is 78.6. The average Bonchev–Trinajstić information content (AvgIpc) is 1.04. The Morgan fingerprint density at radius 2 is 0.641 bits per heavy atom. The normalized spacial score (nSPS) is 10.8. The van der Waals surface area contributed by atoms with Crippen molar-refractivity contribution < 1.29 is 29.0 Å². The number of para-hydroxylation sites is 6. The van der Waals surface area contributed by atoms with Crippen LogP contribution in [-0.2, 0) is 0 Å². The molecule has 674 valence electrons. The summed E-state index contributed by atoms with van der Waals surface area (Å²) in [4.78, 5) is 43.8. The number of nitriles is 4. The second-order valence-corrected chi connectivity index (χ2v) is 33.6. The van der Waals surface area contributed by atoms with E-state index in [4.69, 9.17) is 18.1 Å². The maximum Gasteiger partial charge on any atom is 1.00 e. The Hall–Kier alpha value is -20.2. The maximum atomic E-state index is 11.1. The van der Waals surface area contributed by atoms with Gasteiger partial charge in [0.2, 0.25) is 16.6 Å². The first kappa shape index (κ1) is 92.5. The molecule has 25 rings (SSSR count). The number of aromatic nitrogens is 9. The van der Waals surface area contributed by atoms with Gasteiger partial charge in [-0.05, 0) is 219 Å². The summed E-state index contributed by atoms with van der Waals surface area (Å²) in [6.45, 7) is 18.5. The van der Waals surface area contributed by atoms with Crippen LogP contribution in [0.15, 0.2) is 437 Å². The SMILES string of the molecule is CC.[C-]#[N+]c1nc2c(nc1C#N)c1nc(C#N)c(C#N)nc1c1nc(C#N)c([N+]#[C-])nc12.[Li+].[O-]c1cccc2ccc[nH+]c12.c1ccc(-n2c(-c3ccc(-c4ccc5c(-c6ccc7ccccc7c6)c6ccccc6c(-c6ccc7ccccc7c6)c5c4)cc3)nc3ccccc32)cc1.c1ccc(N(c2ccc(-c3ccc(N(c4ccccc4)c4cccc5ccccc45)cc3)cc2)c2cccc3ccccc23)cc1. The van der Waals surface area contributed by atoms with E-state index in [1.807, 2.05) is 32.0 Å². The van der Waals surface area contributed by atoms with Gasteiger partial charge in [0.05, 0.1) is 22.4 Å². The first-order chi connectivity index (χ1) is 71.1. The third-order valence-electron chi connectivity index (χ3n) is 25.4. The molecule has 18 nitrogen and oxygen atoms in total. The molecule has 0 fully saturated rings. The standard InChI is InChI=1S/C53H34N2.C44H32N2.C18N12.C9H7NO.C2H6.Li/c1-2-16-44(17-3-1)55-50-21-11-10-20-49(50)54-53(55)38-26-22-37(23-27-38)41-30-31-47-48(34-41)52(43-29-25-36-13-5-7-15-40(36)33-43)46-19-9-8-18-45(46)51(47)42-28-24-35-12-4-6-14-39(35)32-42;1-3-17-37(18-4-1)45(43-23-11-15-35-13-7-9-21-41(35)43)39-29-25-33(26-30-39)34-27-31-40(32-28-34)46(38-19-5-2-6-20-38)44-24-12-16-36-14-8-10-22-42(36)44;1-23-17-9(5-21)27-13-11-12(26-8(4-20)7(3-19)25-11)14-16(15(13)29-17)30-18(24-2)10(6-22)28-14;11-8-5-1-3-7-4-2-6-10-9(7)8;1-2;/h1-34H;1-32H;;1-6,11H;1-2H3;/q;;;;;+1. The van der Waals surface area contributed by atoms with Gasteiger partial charge in [-0.1, -0.05) is 336 Å². The number of nitrogens with zero attached hydrogens (tertiary/aromatic N) is 16. The van der Waals surface area contributed by atoms with E-state index in [1.165, 1.54) is 104 Å². The third-order valence-corrected chi connectivity index (χ3v) is 25.4. The molecule has 0 saturated carbocycles. The first-order valence-electron chi connectivity index (χ1n) is 46.7. The molecule has 19 heteroatoms. The Kier molecular flexibility index (Phi) is 26.3. The van der Waals surface area contributed by atoms with Gasteiger partial charge >= 0.3 is 30.5 Å². The van der Waals surface area contributed by atoms with Gasteiger partial charge in [0.15, 0.2) is 29.0 Å². The summed E-state index contributed by atoms with van der Waals surface area (Å²) in [5.74, 6) is 0.372. The molecule has 0 saturated heterocycles. The Bertz CT molecular complexity index is 9070. The van der Waals surface area contributed by atoms with Crippen LogP contribution in [0.1, 0.15) is 36.6 Å². The molecular weight excluding hydrogens is 1770 g/mol. The number of rotatable bonds is 12. The maximum absolute atomic E-state index is 11.1. The second-order valence-electron chi connectivity index (χ2n) is 33.6. The van der Waals surface area contributed by atoms with E-state index in [9.17, 15) is 26.2 Å². The van der Waals surface area contributed by atoms with Gasteiger partial charge in [0, 0.05) is 56.2 Å².